The van der Waals surface area contributed by atoms with Crippen molar-refractivity contribution in [3.05, 3.63) is 30.0 Å². The molecule has 2 aliphatic rings. The Morgan fingerprint density at radius 3 is 2.62 bits per heavy atom. The van der Waals surface area contributed by atoms with Gasteiger partial charge in [-0.2, -0.15) is 13.2 Å². The summed E-state index contributed by atoms with van der Waals surface area (Å²) in [5.74, 6) is 1.32. The molecule has 0 N–H and O–H groups in total. The quantitative estimate of drug-likeness (QED) is 0.533. The summed E-state index contributed by atoms with van der Waals surface area (Å²) >= 11 is 1.05. The second-order valence-electron chi connectivity index (χ2n) is 6.67. The third-order valence-corrected chi connectivity index (χ3v) is 5.52. The summed E-state index contributed by atoms with van der Waals surface area (Å²) in [6, 6.07) is 5.77. The lowest BCUT2D eigenvalue weighted by Gasteiger charge is -2.15. The fourth-order valence-corrected chi connectivity index (χ4v) is 3.98. The zero-order valence-corrected chi connectivity index (χ0v) is 16.2. The molecule has 0 atom stereocenters. The number of thioether (sulfide) groups is 1. The number of likely N-dealkylation sites (tertiary alicyclic amines) is 1. The Balaban J connectivity index is 1.53. The van der Waals surface area contributed by atoms with Crippen LogP contribution >= 0.6 is 11.8 Å². The van der Waals surface area contributed by atoms with E-state index >= 15 is 0 Å². The number of amides is 1. The highest BCUT2D eigenvalue weighted by Gasteiger charge is 2.34. The van der Waals surface area contributed by atoms with E-state index in [2.05, 4.69) is 9.97 Å². The third kappa shape index (κ3) is 4.58. The SMILES string of the molecule is O=C(CCSc1nc(-c2ccc3c(c2)OCO3)cc(C(F)(F)F)n1)N1CCCC1. The van der Waals surface area contributed by atoms with Crippen LogP contribution in [0.15, 0.2) is 29.4 Å². The molecule has 0 radical (unpaired) electrons. The van der Waals surface area contributed by atoms with Crippen molar-refractivity contribution < 1.29 is 27.4 Å². The highest BCUT2D eigenvalue weighted by atomic mass is 32.2. The van der Waals surface area contributed by atoms with Gasteiger partial charge in [0.15, 0.2) is 16.7 Å². The van der Waals surface area contributed by atoms with Crippen molar-refractivity contribution in [3.8, 4) is 22.8 Å². The van der Waals surface area contributed by atoms with Crippen molar-refractivity contribution in [1.29, 1.82) is 0 Å². The molecule has 3 heterocycles. The second kappa shape index (κ2) is 8.10. The van der Waals surface area contributed by atoms with Gasteiger partial charge in [0.25, 0.3) is 0 Å². The molecule has 1 aromatic heterocycles. The predicted molar refractivity (Wildman–Crippen MR) is 99.7 cm³/mol. The lowest BCUT2D eigenvalue weighted by atomic mass is 10.1. The standard InChI is InChI=1S/C19H18F3N3O3S/c20-19(21,22)16-10-13(12-3-4-14-15(9-12)28-11-27-14)23-18(24-16)29-8-5-17(26)25-6-1-2-7-25/h3-4,9-10H,1-2,5-8,11H2. The Labute approximate surface area is 169 Å². The molecule has 1 fully saturated rings. The van der Waals surface area contributed by atoms with Gasteiger partial charge in [-0.3, -0.25) is 4.79 Å². The van der Waals surface area contributed by atoms with Crippen LogP contribution in [0.5, 0.6) is 11.5 Å². The number of hydrogen-bond acceptors (Lipinski definition) is 6. The van der Waals surface area contributed by atoms with Crippen LogP contribution in [0, 0.1) is 0 Å². The molecule has 2 aromatic rings. The van der Waals surface area contributed by atoms with E-state index in [9.17, 15) is 18.0 Å². The summed E-state index contributed by atoms with van der Waals surface area (Å²) in [5, 5.41) is -0.0123. The van der Waals surface area contributed by atoms with Crippen molar-refractivity contribution in [1.82, 2.24) is 14.9 Å². The van der Waals surface area contributed by atoms with Crippen molar-refractivity contribution in [2.75, 3.05) is 25.6 Å². The Morgan fingerprint density at radius 1 is 1.10 bits per heavy atom. The number of aromatic nitrogens is 2. The molecule has 6 nitrogen and oxygen atoms in total. The van der Waals surface area contributed by atoms with Crippen molar-refractivity contribution in [3.63, 3.8) is 0 Å². The number of benzene rings is 1. The number of fused-ring (bicyclic) bond motifs is 1. The van der Waals surface area contributed by atoms with Gasteiger partial charge in [0.2, 0.25) is 12.7 Å². The predicted octanol–water partition coefficient (Wildman–Crippen LogP) is 4.00. The Morgan fingerprint density at radius 2 is 1.86 bits per heavy atom. The number of halogens is 3. The normalized spacial score (nSPS) is 15.8. The fourth-order valence-electron chi connectivity index (χ4n) is 3.19. The Hall–Kier alpha value is -2.49. The largest absolute Gasteiger partial charge is 0.454 e. The third-order valence-electron chi connectivity index (χ3n) is 4.67. The summed E-state index contributed by atoms with van der Waals surface area (Å²) in [6.07, 6.45) is -2.37. The molecule has 1 aromatic carbocycles. The Bertz CT molecular complexity index is 917. The van der Waals surface area contributed by atoms with E-state index in [1.807, 2.05) is 0 Å². The van der Waals surface area contributed by atoms with Gasteiger partial charge in [0.05, 0.1) is 5.69 Å². The molecule has 0 saturated carbocycles. The minimum absolute atomic E-state index is 0.0120. The maximum atomic E-state index is 13.3. The minimum Gasteiger partial charge on any atom is -0.454 e. The zero-order chi connectivity index (χ0) is 20.4. The molecule has 0 aliphatic carbocycles. The fraction of sp³-hybridized carbons (Fsp3) is 0.421. The van der Waals surface area contributed by atoms with Gasteiger partial charge in [-0.05, 0) is 37.1 Å². The molecule has 0 bridgehead atoms. The lowest BCUT2D eigenvalue weighted by molar-refractivity contribution is -0.141. The maximum absolute atomic E-state index is 13.3. The van der Waals surface area contributed by atoms with E-state index in [4.69, 9.17) is 9.47 Å². The number of nitrogens with zero attached hydrogens (tertiary/aromatic N) is 3. The molecule has 1 amide bonds. The van der Waals surface area contributed by atoms with E-state index in [-0.39, 0.29) is 30.0 Å². The monoisotopic (exact) mass is 425 g/mol. The van der Waals surface area contributed by atoms with Gasteiger partial charge in [0.1, 0.15) is 5.69 Å². The van der Waals surface area contributed by atoms with Crippen LogP contribution in [-0.4, -0.2) is 46.4 Å². The van der Waals surface area contributed by atoms with Gasteiger partial charge >= 0.3 is 6.18 Å². The molecule has 4 rings (SSSR count). The Kier molecular flexibility index (Phi) is 5.53. The summed E-state index contributed by atoms with van der Waals surface area (Å²) in [6.45, 7) is 1.57. The molecular weight excluding hydrogens is 407 g/mol. The van der Waals surface area contributed by atoms with Crippen LogP contribution in [0.1, 0.15) is 25.0 Å². The summed E-state index contributed by atoms with van der Waals surface area (Å²) in [5.41, 5.74) is -0.412. The molecule has 1 saturated heterocycles. The van der Waals surface area contributed by atoms with Crippen LogP contribution in [0.2, 0.25) is 0 Å². The van der Waals surface area contributed by atoms with Gasteiger partial charge in [-0.25, -0.2) is 9.97 Å². The highest BCUT2D eigenvalue weighted by Crippen LogP contribution is 2.37. The van der Waals surface area contributed by atoms with Crippen molar-refractivity contribution in [2.24, 2.45) is 0 Å². The smallest absolute Gasteiger partial charge is 0.433 e. The minimum atomic E-state index is -4.60. The van der Waals surface area contributed by atoms with E-state index in [0.29, 0.717) is 22.8 Å². The van der Waals surface area contributed by atoms with Gasteiger partial charge in [0, 0.05) is 30.8 Å². The number of carbonyl (C=O) groups is 1. The number of rotatable bonds is 5. The summed E-state index contributed by atoms with van der Waals surface area (Å²) in [4.78, 5) is 21.8. The van der Waals surface area contributed by atoms with Crippen molar-refractivity contribution >= 4 is 17.7 Å². The van der Waals surface area contributed by atoms with Crippen LogP contribution in [0.25, 0.3) is 11.3 Å². The van der Waals surface area contributed by atoms with Crippen molar-refractivity contribution in [2.45, 2.75) is 30.6 Å². The van der Waals surface area contributed by atoms with Gasteiger partial charge in [-0.15, -0.1) is 0 Å². The number of ether oxygens (including phenoxy) is 2. The number of hydrogen-bond donors (Lipinski definition) is 0. The summed E-state index contributed by atoms with van der Waals surface area (Å²) < 4.78 is 50.5. The average Bonchev–Trinajstić information content (AvgIpc) is 3.38. The first-order chi connectivity index (χ1) is 13.9. The first-order valence-corrected chi connectivity index (χ1v) is 10.2. The van der Waals surface area contributed by atoms with E-state index in [0.717, 1.165) is 43.8 Å². The van der Waals surface area contributed by atoms with Crippen LogP contribution in [-0.2, 0) is 11.0 Å². The van der Waals surface area contributed by atoms with E-state index in [1.54, 1.807) is 23.1 Å². The highest BCUT2D eigenvalue weighted by molar-refractivity contribution is 7.99. The molecular formula is C19H18F3N3O3S. The molecule has 154 valence electrons. The number of carbonyl (C=O) groups excluding carboxylic acids is 1. The topological polar surface area (TPSA) is 64.5 Å². The van der Waals surface area contributed by atoms with Gasteiger partial charge in [-0.1, -0.05) is 11.8 Å². The molecule has 10 heteroatoms. The first-order valence-electron chi connectivity index (χ1n) is 9.17. The maximum Gasteiger partial charge on any atom is 0.433 e. The van der Waals surface area contributed by atoms with E-state index in [1.165, 1.54) is 0 Å². The van der Waals surface area contributed by atoms with Gasteiger partial charge < -0.3 is 14.4 Å². The zero-order valence-electron chi connectivity index (χ0n) is 15.4. The summed E-state index contributed by atoms with van der Waals surface area (Å²) in [7, 11) is 0. The van der Waals surface area contributed by atoms with Crippen LogP contribution < -0.4 is 9.47 Å². The first kappa shape index (κ1) is 19.8. The lowest BCUT2D eigenvalue weighted by Crippen LogP contribution is -2.27. The molecule has 2 aliphatic heterocycles. The van der Waals surface area contributed by atoms with Crippen LogP contribution in [0.4, 0.5) is 13.2 Å². The molecule has 0 spiro atoms. The van der Waals surface area contributed by atoms with Crippen LogP contribution in [0.3, 0.4) is 0 Å². The number of alkyl halides is 3. The second-order valence-corrected chi connectivity index (χ2v) is 7.74. The molecule has 0 unspecified atom stereocenters. The van der Waals surface area contributed by atoms with E-state index < -0.39 is 11.9 Å². The average molecular weight is 425 g/mol. The molecule has 29 heavy (non-hydrogen) atoms.